The van der Waals surface area contributed by atoms with Crippen LogP contribution in [0.2, 0.25) is 0 Å². The molecule has 0 fully saturated rings. The van der Waals surface area contributed by atoms with Gasteiger partial charge in [0.25, 0.3) is 0 Å². The van der Waals surface area contributed by atoms with Gasteiger partial charge in [0.05, 0.1) is 11.7 Å². The van der Waals surface area contributed by atoms with Crippen molar-refractivity contribution < 1.29 is 14.2 Å². The molecule has 2 aromatic rings. The number of nitrogens with zero attached hydrogens (tertiary/aromatic N) is 2. The van der Waals surface area contributed by atoms with Gasteiger partial charge >= 0.3 is 0 Å². The molecule has 1 heterocycles. The Hall–Kier alpha value is -2.45. The molecule has 0 aliphatic carbocycles. The smallest absolute Gasteiger partial charge is 0.225 e. The molecule has 0 aliphatic heterocycles. The number of benzene rings is 1. The van der Waals surface area contributed by atoms with Crippen LogP contribution in [-0.2, 0) is 0 Å². The molecule has 0 bridgehead atoms. The van der Waals surface area contributed by atoms with Crippen LogP contribution in [0.4, 0.5) is 4.39 Å². The van der Waals surface area contributed by atoms with Crippen LogP contribution in [-0.4, -0.2) is 10.1 Å². The van der Waals surface area contributed by atoms with Gasteiger partial charge in [0, 0.05) is 17.8 Å². The molecule has 19 heavy (non-hydrogen) atoms. The molecule has 1 aromatic carbocycles. The van der Waals surface area contributed by atoms with E-state index in [-0.39, 0.29) is 17.2 Å². The summed E-state index contributed by atoms with van der Waals surface area (Å²) in [7, 11) is 0. The Morgan fingerprint density at radius 2 is 2.21 bits per heavy atom. The summed E-state index contributed by atoms with van der Waals surface area (Å²) in [4.78, 5) is 4.00. The van der Waals surface area contributed by atoms with Gasteiger partial charge in [-0.3, -0.25) is 0 Å². The number of pyridine rings is 1. The molecule has 1 N–H and O–H groups in total. The zero-order valence-corrected chi connectivity index (χ0v) is 10.2. The summed E-state index contributed by atoms with van der Waals surface area (Å²) in [5.41, 5.74) is 0.455. The van der Waals surface area contributed by atoms with Crippen LogP contribution in [0.1, 0.15) is 24.2 Å². The molecule has 2 rings (SSSR count). The fourth-order valence-electron chi connectivity index (χ4n) is 1.57. The number of aliphatic hydroxyl groups is 1. The van der Waals surface area contributed by atoms with Gasteiger partial charge in [-0.05, 0) is 31.2 Å². The quantitative estimate of drug-likeness (QED) is 0.919. The molecular formula is C14H11FN2O2. The van der Waals surface area contributed by atoms with Gasteiger partial charge in [-0.15, -0.1) is 0 Å². The molecule has 1 atom stereocenters. The van der Waals surface area contributed by atoms with Gasteiger partial charge in [0.2, 0.25) is 5.88 Å². The van der Waals surface area contributed by atoms with E-state index in [2.05, 4.69) is 4.98 Å². The van der Waals surface area contributed by atoms with E-state index in [1.807, 2.05) is 0 Å². The van der Waals surface area contributed by atoms with E-state index in [1.54, 1.807) is 25.1 Å². The van der Waals surface area contributed by atoms with Crippen molar-refractivity contribution in [2.75, 3.05) is 0 Å². The van der Waals surface area contributed by atoms with Crippen molar-refractivity contribution in [2.24, 2.45) is 0 Å². The van der Waals surface area contributed by atoms with Crippen molar-refractivity contribution in [2.45, 2.75) is 13.0 Å². The van der Waals surface area contributed by atoms with Crippen LogP contribution in [0.5, 0.6) is 11.6 Å². The van der Waals surface area contributed by atoms with E-state index in [0.717, 1.165) is 6.07 Å². The van der Waals surface area contributed by atoms with Crippen molar-refractivity contribution >= 4 is 0 Å². The standard InChI is InChI=1S/C14H11FN2O2/c1-9(18)12-3-2-6-17-14(12)19-11-5-4-10(8-16)13(15)7-11/h2-7,9,18H,1H3. The van der Waals surface area contributed by atoms with Crippen molar-refractivity contribution in [3.05, 3.63) is 53.5 Å². The van der Waals surface area contributed by atoms with E-state index in [9.17, 15) is 9.50 Å². The van der Waals surface area contributed by atoms with Gasteiger partial charge in [0.15, 0.2) is 0 Å². The lowest BCUT2D eigenvalue weighted by Crippen LogP contribution is -1.98. The molecule has 0 saturated carbocycles. The molecule has 0 saturated heterocycles. The highest BCUT2D eigenvalue weighted by Gasteiger charge is 2.11. The molecule has 0 amide bonds. The summed E-state index contributed by atoms with van der Waals surface area (Å²) >= 11 is 0. The van der Waals surface area contributed by atoms with E-state index in [4.69, 9.17) is 10.00 Å². The number of rotatable bonds is 3. The van der Waals surface area contributed by atoms with Crippen LogP contribution in [0, 0.1) is 17.1 Å². The summed E-state index contributed by atoms with van der Waals surface area (Å²) in [6, 6.07) is 8.99. The number of aromatic nitrogens is 1. The van der Waals surface area contributed by atoms with Crippen LogP contribution in [0.25, 0.3) is 0 Å². The van der Waals surface area contributed by atoms with Crippen LogP contribution < -0.4 is 4.74 Å². The third kappa shape index (κ3) is 2.87. The monoisotopic (exact) mass is 258 g/mol. The second-order valence-corrected chi connectivity index (χ2v) is 3.93. The second-order valence-electron chi connectivity index (χ2n) is 3.93. The van der Waals surface area contributed by atoms with Gasteiger partial charge in [-0.1, -0.05) is 0 Å². The number of aliphatic hydroxyl groups excluding tert-OH is 1. The SMILES string of the molecule is CC(O)c1cccnc1Oc1ccc(C#N)c(F)c1. The van der Waals surface area contributed by atoms with E-state index >= 15 is 0 Å². The minimum Gasteiger partial charge on any atom is -0.439 e. The fourth-order valence-corrected chi connectivity index (χ4v) is 1.57. The Balaban J connectivity index is 2.32. The number of hydrogen-bond donors (Lipinski definition) is 1. The highest BCUT2D eigenvalue weighted by atomic mass is 19.1. The first-order valence-electron chi connectivity index (χ1n) is 5.62. The maximum atomic E-state index is 13.4. The Morgan fingerprint density at radius 3 is 2.84 bits per heavy atom. The van der Waals surface area contributed by atoms with Crippen LogP contribution in [0.3, 0.4) is 0 Å². The minimum atomic E-state index is -0.744. The first-order chi connectivity index (χ1) is 9.11. The zero-order valence-electron chi connectivity index (χ0n) is 10.2. The lowest BCUT2D eigenvalue weighted by Gasteiger charge is -2.11. The largest absolute Gasteiger partial charge is 0.439 e. The summed E-state index contributed by atoms with van der Waals surface area (Å²) in [6.45, 7) is 1.59. The molecule has 0 aliphatic rings. The van der Waals surface area contributed by atoms with E-state index < -0.39 is 11.9 Å². The topological polar surface area (TPSA) is 66.1 Å². The first-order valence-corrected chi connectivity index (χ1v) is 5.62. The van der Waals surface area contributed by atoms with Crippen molar-refractivity contribution in [3.63, 3.8) is 0 Å². The lowest BCUT2D eigenvalue weighted by atomic mass is 10.2. The average Bonchev–Trinajstić information content (AvgIpc) is 2.39. The highest BCUT2D eigenvalue weighted by Crippen LogP contribution is 2.27. The Bertz CT molecular complexity index is 636. The molecule has 0 radical (unpaired) electrons. The number of hydrogen-bond acceptors (Lipinski definition) is 4. The third-order valence-electron chi connectivity index (χ3n) is 2.53. The first kappa shape index (κ1) is 13.0. The summed E-state index contributed by atoms with van der Waals surface area (Å²) in [5, 5.41) is 18.2. The Kier molecular flexibility index (Phi) is 3.74. The number of nitriles is 1. The van der Waals surface area contributed by atoms with Crippen LogP contribution in [0.15, 0.2) is 36.5 Å². The molecule has 4 nitrogen and oxygen atoms in total. The number of ether oxygens (including phenoxy) is 1. The molecule has 0 spiro atoms. The molecular weight excluding hydrogens is 247 g/mol. The second kappa shape index (κ2) is 5.46. The van der Waals surface area contributed by atoms with E-state index in [0.29, 0.717) is 5.56 Å². The Labute approximate surface area is 109 Å². The molecule has 1 aromatic heterocycles. The summed E-state index contributed by atoms with van der Waals surface area (Å²) in [6.07, 6.45) is 0.772. The zero-order chi connectivity index (χ0) is 13.8. The fraction of sp³-hybridized carbons (Fsp3) is 0.143. The average molecular weight is 258 g/mol. The van der Waals surface area contributed by atoms with Gasteiger partial charge in [-0.25, -0.2) is 9.37 Å². The summed E-state index contributed by atoms with van der Waals surface area (Å²) < 4.78 is 18.9. The maximum Gasteiger partial charge on any atom is 0.225 e. The van der Waals surface area contributed by atoms with E-state index in [1.165, 1.54) is 18.3 Å². The maximum absolute atomic E-state index is 13.4. The highest BCUT2D eigenvalue weighted by molar-refractivity contribution is 5.39. The third-order valence-corrected chi connectivity index (χ3v) is 2.53. The van der Waals surface area contributed by atoms with Crippen molar-refractivity contribution in [1.29, 1.82) is 5.26 Å². The predicted molar refractivity (Wildman–Crippen MR) is 66.1 cm³/mol. The molecule has 1 unspecified atom stereocenters. The molecule has 96 valence electrons. The normalized spacial score (nSPS) is 11.7. The predicted octanol–water partition coefficient (Wildman–Crippen LogP) is 2.94. The van der Waals surface area contributed by atoms with Crippen LogP contribution >= 0.6 is 0 Å². The van der Waals surface area contributed by atoms with Gasteiger partial charge in [0.1, 0.15) is 17.6 Å². The number of halogens is 1. The molecule has 5 heteroatoms. The van der Waals surface area contributed by atoms with Crippen molar-refractivity contribution in [3.8, 4) is 17.7 Å². The minimum absolute atomic E-state index is 0.0517. The summed E-state index contributed by atoms with van der Waals surface area (Å²) in [5.74, 6) is -0.228. The van der Waals surface area contributed by atoms with Gasteiger partial charge in [-0.2, -0.15) is 5.26 Å². The van der Waals surface area contributed by atoms with Crippen molar-refractivity contribution in [1.82, 2.24) is 4.98 Å². The van der Waals surface area contributed by atoms with Gasteiger partial charge < -0.3 is 9.84 Å². The lowest BCUT2D eigenvalue weighted by molar-refractivity contribution is 0.194. The Morgan fingerprint density at radius 1 is 1.42 bits per heavy atom.